The van der Waals surface area contributed by atoms with Crippen LogP contribution in [-0.4, -0.2) is 35.8 Å². The van der Waals surface area contributed by atoms with Crippen molar-refractivity contribution in [3.8, 4) is 0 Å². The topological polar surface area (TPSA) is 54.5 Å². The van der Waals surface area contributed by atoms with Crippen molar-refractivity contribution in [1.29, 1.82) is 0 Å². The second-order valence-corrected chi connectivity index (χ2v) is 11.3. The van der Waals surface area contributed by atoms with Crippen LogP contribution in [0.25, 0.3) is 0 Å². The molecule has 1 unspecified atom stereocenters. The third-order valence-corrected chi connectivity index (χ3v) is 7.25. The number of likely N-dealkylation sites (tertiary alicyclic amines) is 1. The number of carbonyl (C=O) groups excluding carboxylic acids is 3. The molecule has 1 heterocycles. The fourth-order valence-corrected chi connectivity index (χ4v) is 5.47. The molecule has 2 radical (unpaired) electrons. The largest absolute Gasteiger partial charge is 0.312 e. The molecule has 5 heteroatoms. The van der Waals surface area contributed by atoms with Crippen molar-refractivity contribution in [2.24, 2.45) is 17.3 Å². The molecule has 0 aromatic rings. The van der Waals surface area contributed by atoms with Crippen LogP contribution in [0, 0.1) is 17.3 Å². The predicted octanol–water partition coefficient (Wildman–Crippen LogP) is 6.59. The van der Waals surface area contributed by atoms with E-state index in [4.69, 9.17) is 7.85 Å². The summed E-state index contributed by atoms with van der Waals surface area (Å²) in [6.07, 6.45) is 14.9. The van der Waals surface area contributed by atoms with Gasteiger partial charge in [-0.2, -0.15) is 0 Å². The molecule has 4 nitrogen and oxygen atoms in total. The Labute approximate surface area is 199 Å². The van der Waals surface area contributed by atoms with E-state index in [1.165, 1.54) is 56.3 Å². The van der Waals surface area contributed by atoms with Gasteiger partial charge in [0.1, 0.15) is 0 Å². The summed E-state index contributed by atoms with van der Waals surface area (Å²) in [6, 6.07) is 0. The van der Waals surface area contributed by atoms with E-state index >= 15 is 0 Å². The molecule has 0 bridgehead atoms. The molecule has 0 aromatic heterocycles. The molecular formula is C27H48BNO3. The summed E-state index contributed by atoms with van der Waals surface area (Å²) in [7, 11) is 5.57. The molecule has 0 aromatic carbocycles. The zero-order valence-electron chi connectivity index (χ0n) is 21.8. The summed E-state index contributed by atoms with van der Waals surface area (Å²) < 4.78 is 0. The average Bonchev–Trinajstić information content (AvgIpc) is 2.99. The lowest BCUT2D eigenvalue weighted by molar-refractivity contribution is -0.148. The molecule has 0 spiro atoms. The Morgan fingerprint density at radius 1 is 0.906 bits per heavy atom. The summed E-state index contributed by atoms with van der Waals surface area (Å²) in [6.45, 7) is 11.8. The molecule has 0 aliphatic carbocycles. The number of hydrogen-bond acceptors (Lipinski definition) is 3. The van der Waals surface area contributed by atoms with Gasteiger partial charge in [-0.1, -0.05) is 91.9 Å². The summed E-state index contributed by atoms with van der Waals surface area (Å²) in [4.78, 5) is 39.9. The molecule has 1 saturated heterocycles. The Morgan fingerprint density at radius 2 is 1.38 bits per heavy atom. The van der Waals surface area contributed by atoms with Gasteiger partial charge >= 0.3 is 0 Å². The molecule has 1 fully saturated rings. The molecule has 1 aliphatic rings. The maximum Gasteiger partial charge on any atom is 0.233 e. The Kier molecular flexibility index (Phi) is 12.2. The zero-order chi connectivity index (χ0) is 24.4. The van der Waals surface area contributed by atoms with Crippen LogP contribution < -0.4 is 0 Å². The second kappa shape index (κ2) is 13.6. The highest BCUT2D eigenvalue weighted by molar-refractivity contribution is 6.58. The van der Waals surface area contributed by atoms with Crippen LogP contribution in [0.2, 0.25) is 0 Å². The van der Waals surface area contributed by atoms with E-state index in [9.17, 15) is 14.4 Å². The van der Waals surface area contributed by atoms with Gasteiger partial charge in [-0.3, -0.25) is 14.5 Å². The number of unbranched alkanes of at least 4 members (excludes halogenated alkanes) is 8. The highest BCUT2D eigenvalue weighted by Gasteiger charge is 2.49. The summed E-state index contributed by atoms with van der Waals surface area (Å²) in [5.41, 5.74) is -1.91. The first-order valence-corrected chi connectivity index (χ1v) is 13.1. The van der Waals surface area contributed by atoms with Gasteiger partial charge in [-0.25, -0.2) is 0 Å². The normalized spacial score (nSPS) is 17.6. The van der Waals surface area contributed by atoms with Gasteiger partial charge in [0, 0.05) is 17.4 Å². The van der Waals surface area contributed by atoms with Crippen LogP contribution in [0.15, 0.2) is 0 Å². The Bertz CT molecular complexity index is 600. The van der Waals surface area contributed by atoms with Crippen LogP contribution in [0.3, 0.4) is 0 Å². The van der Waals surface area contributed by atoms with E-state index in [-0.39, 0.29) is 23.7 Å². The zero-order valence-corrected chi connectivity index (χ0v) is 21.8. The minimum absolute atomic E-state index is 0.0348. The quantitative estimate of drug-likeness (QED) is 0.144. The van der Waals surface area contributed by atoms with Crippen LogP contribution in [0.1, 0.15) is 131 Å². The highest BCUT2D eigenvalue weighted by atomic mass is 16.2. The lowest BCUT2D eigenvalue weighted by Crippen LogP contribution is -2.51. The van der Waals surface area contributed by atoms with E-state index in [1.807, 2.05) is 13.8 Å². The lowest BCUT2D eigenvalue weighted by atomic mass is 9.70. The van der Waals surface area contributed by atoms with E-state index in [1.54, 1.807) is 13.8 Å². The van der Waals surface area contributed by atoms with Gasteiger partial charge in [-0.05, 0) is 39.0 Å². The second-order valence-electron chi connectivity index (χ2n) is 11.3. The number of rotatable bonds is 17. The fourth-order valence-electron chi connectivity index (χ4n) is 5.47. The van der Waals surface area contributed by atoms with Crippen LogP contribution in [-0.2, 0) is 14.4 Å². The van der Waals surface area contributed by atoms with Crippen molar-refractivity contribution >= 4 is 25.3 Å². The van der Waals surface area contributed by atoms with Crippen LogP contribution >= 0.6 is 0 Å². The van der Waals surface area contributed by atoms with Crippen molar-refractivity contribution in [2.75, 3.05) is 0 Å². The predicted molar refractivity (Wildman–Crippen MR) is 133 cm³/mol. The average molecular weight is 445 g/mol. The summed E-state index contributed by atoms with van der Waals surface area (Å²) in [5.74, 6) is -0.0601. The molecule has 2 amide bonds. The molecule has 1 aliphatic heterocycles. The van der Waals surface area contributed by atoms with Crippen LogP contribution in [0.5, 0.6) is 0 Å². The third-order valence-electron chi connectivity index (χ3n) is 7.25. The molecule has 182 valence electrons. The Balaban J connectivity index is 2.88. The number of amides is 2. The Hall–Kier alpha value is -1.13. The fraction of sp³-hybridized carbons (Fsp3) is 0.889. The summed E-state index contributed by atoms with van der Waals surface area (Å²) >= 11 is 0. The summed E-state index contributed by atoms with van der Waals surface area (Å²) in [5, 5.41) is 0. The maximum atomic E-state index is 13.5. The molecular weight excluding hydrogens is 397 g/mol. The number of nitrogens with zero attached hydrogens (tertiary/aromatic N) is 1. The first-order chi connectivity index (χ1) is 15.0. The standard InChI is InChI=1S/C27H48BNO3/c1-7-9-11-13-15-17-21(18-16-14-12-10-8-2)22-19-23(30)29(24(22)31)27(5,6)20-26(3,4)25(28)32/h21-22H,7-20H2,1-6H3. The van der Waals surface area contributed by atoms with E-state index < -0.39 is 16.6 Å². The van der Waals surface area contributed by atoms with Crippen molar-refractivity contribution in [1.82, 2.24) is 4.90 Å². The van der Waals surface area contributed by atoms with Gasteiger partial charge in [0.25, 0.3) is 0 Å². The van der Waals surface area contributed by atoms with Gasteiger partial charge in [0.15, 0.2) is 7.85 Å². The van der Waals surface area contributed by atoms with Crippen molar-refractivity contribution < 1.29 is 14.4 Å². The molecule has 0 N–H and O–H groups in total. The Morgan fingerprint density at radius 3 is 1.81 bits per heavy atom. The SMILES string of the molecule is [B]C(=O)C(C)(C)CC(C)(C)N1C(=O)CC(C(CCCCCCC)CCCCCCC)C1=O. The van der Waals surface area contributed by atoms with E-state index in [2.05, 4.69) is 13.8 Å². The minimum Gasteiger partial charge on any atom is -0.312 e. The third kappa shape index (κ3) is 8.67. The van der Waals surface area contributed by atoms with E-state index in [0.29, 0.717) is 12.8 Å². The number of carbonyl (C=O) groups is 3. The molecule has 0 saturated carbocycles. The van der Waals surface area contributed by atoms with Crippen molar-refractivity contribution in [2.45, 2.75) is 137 Å². The lowest BCUT2D eigenvalue weighted by Gasteiger charge is -2.40. The molecule has 1 atom stereocenters. The first-order valence-electron chi connectivity index (χ1n) is 13.1. The van der Waals surface area contributed by atoms with E-state index in [0.717, 1.165) is 25.7 Å². The van der Waals surface area contributed by atoms with Gasteiger partial charge < -0.3 is 4.79 Å². The molecule has 32 heavy (non-hydrogen) atoms. The maximum absolute atomic E-state index is 13.5. The van der Waals surface area contributed by atoms with Crippen molar-refractivity contribution in [3.05, 3.63) is 0 Å². The smallest absolute Gasteiger partial charge is 0.233 e. The van der Waals surface area contributed by atoms with Crippen molar-refractivity contribution in [3.63, 3.8) is 0 Å². The minimum atomic E-state index is -0.778. The monoisotopic (exact) mass is 445 g/mol. The van der Waals surface area contributed by atoms with Gasteiger partial charge in [0.2, 0.25) is 11.8 Å². The first kappa shape index (κ1) is 28.9. The number of hydrogen-bond donors (Lipinski definition) is 0. The van der Waals surface area contributed by atoms with Gasteiger partial charge in [0.05, 0.1) is 11.6 Å². The number of imide groups is 1. The van der Waals surface area contributed by atoms with Gasteiger partial charge in [-0.15, -0.1) is 0 Å². The highest BCUT2D eigenvalue weighted by Crippen LogP contribution is 2.40. The van der Waals surface area contributed by atoms with Crippen LogP contribution in [0.4, 0.5) is 0 Å². The molecule has 1 rings (SSSR count).